The zero-order valence-corrected chi connectivity index (χ0v) is 15.2. The average molecular weight is 340 g/mol. The molecule has 0 aromatic heterocycles. The van der Waals surface area contributed by atoms with Crippen molar-refractivity contribution in [1.29, 1.82) is 0 Å². The van der Waals surface area contributed by atoms with E-state index in [0.717, 1.165) is 13.0 Å². The smallest absolute Gasteiger partial charge is 0.298 e. The minimum absolute atomic E-state index is 0.468. The number of nitrogens with one attached hydrogen (secondary N) is 1. The number of likely N-dealkylation sites (tertiary alicyclic amines) is 1. The van der Waals surface area contributed by atoms with Gasteiger partial charge in [0.25, 0.3) is 0 Å². The van der Waals surface area contributed by atoms with Gasteiger partial charge in [0.1, 0.15) is 0 Å². The lowest BCUT2D eigenvalue weighted by molar-refractivity contribution is 0.103. The first kappa shape index (κ1) is 18.2. The Morgan fingerprint density at radius 3 is 2.39 bits per heavy atom. The second-order valence-corrected chi connectivity index (χ2v) is 8.21. The van der Waals surface area contributed by atoms with Crippen molar-refractivity contribution in [3.63, 3.8) is 0 Å². The lowest BCUT2D eigenvalue weighted by Gasteiger charge is -2.39. The summed E-state index contributed by atoms with van der Waals surface area (Å²) in [5.41, 5.74) is 0.665. The lowest BCUT2D eigenvalue weighted by Crippen LogP contribution is -2.45. The average Bonchev–Trinajstić information content (AvgIpc) is 2.53. The van der Waals surface area contributed by atoms with Crippen molar-refractivity contribution >= 4 is 15.9 Å². The van der Waals surface area contributed by atoms with E-state index in [4.69, 9.17) is 0 Å². The van der Waals surface area contributed by atoms with Gasteiger partial charge in [-0.1, -0.05) is 24.6 Å². The van der Waals surface area contributed by atoms with Gasteiger partial charge in [0.15, 0.2) is 0 Å². The Bertz CT molecular complexity index is 567. The van der Waals surface area contributed by atoms with Crippen molar-refractivity contribution in [1.82, 2.24) is 9.62 Å². The van der Waals surface area contributed by atoms with Crippen molar-refractivity contribution in [3.05, 3.63) is 30.3 Å². The Hall–Kier alpha value is -1.11. The van der Waals surface area contributed by atoms with Gasteiger partial charge in [-0.05, 0) is 51.8 Å². The van der Waals surface area contributed by atoms with Gasteiger partial charge in [-0.3, -0.25) is 9.21 Å². The first-order chi connectivity index (χ1) is 10.9. The van der Waals surface area contributed by atoms with Crippen molar-refractivity contribution in [2.24, 2.45) is 0 Å². The number of nitrogens with zero attached hydrogens (tertiary/aromatic N) is 2. The Morgan fingerprint density at radius 2 is 1.78 bits per heavy atom. The van der Waals surface area contributed by atoms with Gasteiger partial charge < -0.3 is 0 Å². The highest BCUT2D eigenvalue weighted by atomic mass is 32.2. The molecule has 1 aromatic carbocycles. The van der Waals surface area contributed by atoms with E-state index in [1.54, 1.807) is 19.2 Å². The molecule has 1 fully saturated rings. The zero-order chi connectivity index (χ0) is 16.9. The molecule has 0 amide bonds. The van der Waals surface area contributed by atoms with Crippen LogP contribution in [0.25, 0.3) is 0 Å². The third-order valence-electron chi connectivity index (χ3n) is 4.73. The van der Waals surface area contributed by atoms with Gasteiger partial charge in [-0.2, -0.15) is 13.1 Å². The van der Waals surface area contributed by atoms with Crippen LogP contribution in [-0.4, -0.2) is 45.5 Å². The summed E-state index contributed by atoms with van der Waals surface area (Å²) >= 11 is 0. The van der Waals surface area contributed by atoms with Crippen LogP contribution in [0.15, 0.2) is 30.3 Å². The van der Waals surface area contributed by atoms with E-state index < -0.39 is 10.2 Å². The van der Waals surface area contributed by atoms with E-state index in [0.29, 0.717) is 24.3 Å². The largest absolute Gasteiger partial charge is 0.301 e. The lowest BCUT2D eigenvalue weighted by atomic mass is 9.97. The molecule has 0 aliphatic carbocycles. The molecule has 2 atom stereocenters. The van der Waals surface area contributed by atoms with Crippen molar-refractivity contribution in [2.75, 3.05) is 24.4 Å². The molecule has 1 aromatic rings. The van der Waals surface area contributed by atoms with Gasteiger partial charge in [0, 0.05) is 25.7 Å². The molecule has 0 bridgehead atoms. The molecule has 1 aliphatic rings. The topological polar surface area (TPSA) is 52.7 Å². The number of anilines is 1. The van der Waals surface area contributed by atoms with Crippen molar-refractivity contribution in [3.8, 4) is 0 Å². The van der Waals surface area contributed by atoms with Crippen LogP contribution >= 0.6 is 0 Å². The molecule has 0 saturated carbocycles. The predicted octanol–water partition coefficient (Wildman–Crippen LogP) is 2.61. The van der Waals surface area contributed by atoms with Gasteiger partial charge in [-0.25, -0.2) is 0 Å². The molecule has 5 nitrogen and oxygen atoms in total. The van der Waals surface area contributed by atoms with E-state index in [1.165, 1.54) is 23.6 Å². The fraction of sp³-hybridized carbons (Fsp3) is 0.647. The SMILES string of the molecule is CC1CCCC(C)N1CCCNS(=O)(=O)N(C)c1ccccc1. The van der Waals surface area contributed by atoms with Crippen LogP contribution < -0.4 is 9.03 Å². The van der Waals surface area contributed by atoms with Crippen molar-refractivity contribution < 1.29 is 8.42 Å². The van der Waals surface area contributed by atoms with Crippen LogP contribution in [0, 0.1) is 0 Å². The van der Waals surface area contributed by atoms with Gasteiger partial charge in [0.05, 0.1) is 5.69 Å². The summed E-state index contributed by atoms with van der Waals surface area (Å²) in [5.74, 6) is 0. The zero-order valence-electron chi connectivity index (χ0n) is 14.4. The minimum Gasteiger partial charge on any atom is -0.298 e. The quantitative estimate of drug-likeness (QED) is 0.777. The Labute approximate surface area is 140 Å². The van der Waals surface area contributed by atoms with Crippen molar-refractivity contribution in [2.45, 2.75) is 51.6 Å². The minimum atomic E-state index is -3.48. The fourth-order valence-electron chi connectivity index (χ4n) is 3.25. The molecule has 0 spiro atoms. The summed E-state index contributed by atoms with van der Waals surface area (Å²) in [6, 6.07) is 10.3. The molecule has 6 heteroatoms. The van der Waals surface area contributed by atoms with Crippen LogP contribution in [-0.2, 0) is 10.2 Å². The molecule has 2 unspecified atom stereocenters. The molecular weight excluding hydrogens is 310 g/mol. The van der Waals surface area contributed by atoms with Crippen LogP contribution in [0.5, 0.6) is 0 Å². The maximum absolute atomic E-state index is 12.3. The molecule has 23 heavy (non-hydrogen) atoms. The van der Waals surface area contributed by atoms with Crippen LogP contribution in [0.3, 0.4) is 0 Å². The maximum atomic E-state index is 12.3. The van der Waals surface area contributed by atoms with E-state index in [-0.39, 0.29) is 0 Å². The summed E-state index contributed by atoms with van der Waals surface area (Å²) in [5, 5.41) is 0. The highest BCUT2D eigenvalue weighted by Gasteiger charge is 2.24. The van der Waals surface area contributed by atoms with E-state index in [1.807, 2.05) is 18.2 Å². The number of benzene rings is 1. The Morgan fingerprint density at radius 1 is 1.17 bits per heavy atom. The van der Waals surface area contributed by atoms with E-state index >= 15 is 0 Å². The third kappa shape index (κ3) is 4.93. The summed E-state index contributed by atoms with van der Waals surface area (Å²) in [7, 11) is -1.90. The highest BCUT2D eigenvalue weighted by Crippen LogP contribution is 2.22. The number of piperidine rings is 1. The number of hydrogen-bond acceptors (Lipinski definition) is 3. The second-order valence-electron chi connectivity index (χ2n) is 6.42. The predicted molar refractivity (Wildman–Crippen MR) is 95.9 cm³/mol. The highest BCUT2D eigenvalue weighted by molar-refractivity contribution is 7.90. The fourth-order valence-corrected chi connectivity index (χ4v) is 4.25. The molecular formula is C17H29N3O2S. The summed E-state index contributed by atoms with van der Waals surface area (Å²) in [6.45, 7) is 5.95. The van der Waals surface area contributed by atoms with Gasteiger partial charge >= 0.3 is 10.2 Å². The maximum Gasteiger partial charge on any atom is 0.301 e. The normalized spacial score (nSPS) is 22.9. The summed E-state index contributed by atoms with van der Waals surface area (Å²) in [4.78, 5) is 2.50. The van der Waals surface area contributed by atoms with Crippen LogP contribution in [0.2, 0.25) is 0 Å². The monoisotopic (exact) mass is 339 g/mol. The van der Waals surface area contributed by atoms with Gasteiger partial charge in [-0.15, -0.1) is 0 Å². The van der Waals surface area contributed by atoms with Crippen LogP contribution in [0.1, 0.15) is 39.5 Å². The first-order valence-electron chi connectivity index (χ1n) is 8.46. The van der Waals surface area contributed by atoms with Crippen LogP contribution in [0.4, 0.5) is 5.69 Å². The molecule has 1 aliphatic heterocycles. The van der Waals surface area contributed by atoms with E-state index in [9.17, 15) is 8.42 Å². The number of rotatable bonds is 7. The molecule has 0 radical (unpaired) electrons. The molecule has 1 N–H and O–H groups in total. The number of hydrogen-bond donors (Lipinski definition) is 1. The third-order valence-corrected chi connectivity index (χ3v) is 6.23. The summed E-state index contributed by atoms with van der Waals surface area (Å²) in [6.07, 6.45) is 4.61. The standard InChI is InChI=1S/C17H29N3O2S/c1-15-9-7-10-16(2)20(15)14-8-13-18-23(21,22)19(3)17-11-5-4-6-12-17/h4-6,11-12,15-16,18H,7-10,13-14H2,1-3H3. The van der Waals surface area contributed by atoms with E-state index in [2.05, 4.69) is 23.5 Å². The molecule has 1 heterocycles. The summed E-state index contributed by atoms with van der Waals surface area (Å²) < 4.78 is 28.6. The Kier molecular flexibility index (Phi) is 6.44. The molecule has 2 rings (SSSR count). The Balaban J connectivity index is 1.81. The number of para-hydroxylation sites is 1. The second kappa shape index (κ2) is 8.13. The first-order valence-corrected chi connectivity index (χ1v) is 9.90. The molecule has 1 saturated heterocycles. The van der Waals surface area contributed by atoms with Gasteiger partial charge in [0.2, 0.25) is 0 Å². The molecule has 130 valence electrons.